The highest BCUT2D eigenvalue weighted by molar-refractivity contribution is 5.81. The number of nitrogens with zero attached hydrogens (tertiary/aromatic N) is 1. The lowest BCUT2D eigenvalue weighted by atomic mass is 10.0. The number of carboxylic acids is 1. The van der Waals surface area contributed by atoms with Crippen molar-refractivity contribution in [2.45, 2.75) is 45.3 Å². The third-order valence-corrected chi connectivity index (χ3v) is 3.24. The van der Waals surface area contributed by atoms with Crippen LogP contribution in [0, 0.1) is 5.92 Å². The highest BCUT2D eigenvalue weighted by Gasteiger charge is 2.27. The molecule has 6 nitrogen and oxygen atoms in total. The molecular weight excluding hydrogens is 248 g/mol. The quantitative estimate of drug-likeness (QED) is 0.732. The molecule has 110 valence electrons. The Balaban J connectivity index is 2.32. The van der Waals surface area contributed by atoms with Crippen LogP contribution in [-0.2, 0) is 14.3 Å². The Morgan fingerprint density at radius 2 is 1.95 bits per heavy atom. The van der Waals surface area contributed by atoms with Gasteiger partial charge in [0.05, 0.1) is 12.1 Å². The van der Waals surface area contributed by atoms with Crippen LogP contribution in [0.3, 0.4) is 0 Å². The van der Waals surface area contributed by atoms with Crippen LogP contribution in [0.1, 0.15) is 33.1 Å². The zero-order valence-corrected chi connectivity index (χ0v) is 11.7. The smallest absolute Gasteiger partial charge is 0.329 e. The molecule has 1 atom stereocenters. The van der Waals surface area contributed by atoms with Gasteiger partial charge in [0.2, 0.25) is 5.91 Å². The number of likely N-dealkylation sites (tertiary alicyclic amines) is 1. The van der Waals surface area contributed by atoms with Gasteiger partial charge < -0.3 is 20.5 Å². The molecule has 0 aromatic carbocycles. The van der Waals surface area contributed by atoms with Crippen LogP contribution in [0.2, 0.25) is 0 Å². The fraction of sp³-hybridized carbons (Fsp3) is 0.846. The van der Waals surface area contributed by atoms with Crippen molar-refractivity contribution in [1.82, 2.24) is 4.90 Å². The largest absolute Gasteiger partial charge is 0.480 e. The lowest BCUT2D eigenvalue weighted by Gasteiger charge is -2.33. The van der Waals surface area contributed by atoms with Crippen molar-refractivity contribution in [3.8, 4) is 0 Å². The minimum absolute atomic E-state index is 0.00890. The molecule has 1 amide bonds. The molecule has 0 aliphatic carbocycles. The van der Waals surface area contributed by atoms with Crippen molar-refractivity contribution in [3.63, 3.8) is 0 Å². The summed E-state index contributed by atoms with van der Waals surface area (Å²) in [6.07, 6.45) is 1.97. The first-order chi connectivity index (χ1) is 8.90. The SMILES string of the molecule is CC(C)CC(N)C(=O)N1CCC(OCC(=O)O)CC1. The number of carbonyl (C=O) groups excluding carboxylic acids is 1. The van der Waals surface area contributed by atoms with E-state index < -0.39 is 12.0 Å². The Morgan fingerprint density at radius 3 is 2.42 bits per heavy atom. The highest BCUT2D eigenvalue weighted by atomic mass is 16.5. The van der Waals surface area contributed by atoms with E-state index in [0.717, 1.165) is 0 Å². The van der Waals surface area contributed by atoms with Crippen molar-refractivity contribution >= 4 is 11.9 Å². The van der Waals surface area contributed by atoms with Gasteiger partial charge in [0.1, 0.15) is 6.61 Å². The van der Waals surface area contributed by atoms with Gasteiger partial charge in [0, 0.05) is 13.1 Å². The number of carboxylic acid groups (broad SMARTS) is 1. The number of hydrogen-bond acceptors (Lipinski definition) is 4. The van der Waals surface area contributed by atoms with E-state index in [9.17, 15) is 9.59 Å². The number of hydrogen-bond donors (Lipinski definition) is 2. The van der Waals surface area contributed by atoms with E-state index >= 15 is 0 Å². The number of amides is 1. The topological polar surface area (TPSA) is 92.9 Å². The van der Waals surface area contributed by atoms with E-state index in [1.165, 1.54) is 0 Å². The van der Waals surface area contributed by atoms with Crippen LogP contribution in [-0.4, -0.2) is 53.7 Å². The molecule has 0 aromatic heterocycles. The lowest BCUT2D eigenvalue weighted by Crippen LogP contribution is -2.48. The van der Waals surface area contributed by atoms with Gasteiger partial charge in [-0.25, -0.2) is 4.79 Å². The van der Waals surface area contributed by atoms with Gasteiger partial charge in [-0.3, -0.25) is 4.79 Å². The maximum Gasteiger partial charge on any atom is 0.329 e. The zero-order chi connectivity index (χ0) is 14.4. The molecule has 6 heteroatoms. The third-order valence-electron chi connectivity index (χ3n) is 3.24. The minimum Gasteiger partial charge on any atom is -0.480 e. The monoisotopic (exact) mass is 272 g/mol. The van der Waals surface area contributed by atoms with Crippen LogP contribution in [0.5, 0.6) is 0 Å². The van der Waals surface area contributed by atoms with E-state index in [1.807, 2.05) is 13.8 Å². The highest BCUT2D eigenvalue weighted by Crippen LogP contribution is 2.15. The Hall–Kier alpha value is -1.14. The van der Waals surface area contributed by atoms with Crippen LogP contribution in [0.4, 0.5) is 0 Å². The molecule has 1 aliphatic rings. The van der Waals surface area contributed by atoms with Gasteiger partial charge in [-0.2, -0.15) is 0 Å². The summed E-state index contributed by atoms with van der Waals surface area (Å²) in [7, 11) is 0. The second-order valence-corrected chi connectivity index (χ2v) is 5.47. The Morgan fingerprint density at radius 1 is 1.37 bits per heavy atom. The molecule has 0 bridgehead atoms. The van der Waals surface area contributed by atoms with E-state index in [2.05, 4.69) is 0 Å². The molecule has 1 heterocycles. The average Bonchev–Trinajstić information content (AvgIpc) is 2.35. The summed E-state index contributed by atoms with van der Waals surface area (Å²) < 4.78 is 5.23. The van der Waals surface area contributed by atoms with Crippen molar-refractivity contribution in [2.75, 3.05) is 19.7 Å². The number of carbonyl (C=O) groups is 2. The summed E-state index contributed by atoms with van der Waals surface area (Å²) >= 11 is 0. The molecule has 0 radical (unpaired) electrons. The Bertz CT molecular complexity index is 312. The number of rotatable bonds is 6. The summed E-state index contributed by atoms with van der Waals surface area (Å²) in [6.45, 7) is 4.99. The van der Waals surface area contributed by atoms with Gasteiger partial charge in [0.25, 0.3) is 0 Å². The van der Waals surface area contributed by atoms with E-state index in [1.54, 1.807) is 4.90 Å². The number of aliphatic carboxylic acids is 1. The predicted molar refractivity (Wildman–Crippen MR) is 70.6 cm³/mol. The van der Waals surface area contributed by atoms with Crippen LogP contribution in [0.15, 0.2) is 0 Å². The maximum atomic E-state index is 12.1. The molecule has 19 heavy (non-hydrogen) atoms. The van der Waals surface area contributed by atoms with Gasteiger partial charge >= 0.3 is 5.97 Å². The molecule has 1 unspecified atom stereocenters. The minimum atomic E-state index is -0.961. The Kier molecular flexibility index (Phi) is 6.24. The van der Waals surface area contributed by atoms with Crippen molar-refractivity contribution < 1.29 is 19.4 Å². The molecule has 1 aliphatic heterocycles. The van der Waals surface area contributed by atoms with Crippen LogP contribution >= 0.6 is 0 Å². The first kappa shape index (κ1) is 15.9. The maximum absolute atomic E-state index is 12.1. The van der Waals surface area contributed by atoms with E-state index in [4.69, 9.17) is 15.6 Å². The van der Waals surface area contributed by atoms with Gasteiger partial charge in [-0.1, -0.05) is 13.8 Å². The number of nitrogens with two attached hydrogens (primary N) is 1. The molecule has 3 N–H and O–H groups in total. The van der Waals surface area contributed by atoms with Crippen molar-refractivity contribution in [2.24, 2.45) is 11.7 Å². The van der Waals surface area contributed by atoms with Crippen molar-refractivity contribution in [3.05, 3.63) is 0 Å². The summed E-state index contributed by atoms with van der Waals surface area (Å²) in [5.41, 5.74) is 5.88. The van der Waals surface area contributed by atoms with Gasteiger partial charge in [0.15, 0.2) is 0 Å². The van der Waals surface area contributed by atoms with Gasteiger partial charge in [-0.05, 0) is 25.2 Å². The fourth-order valence-corrected chi connectivity index (χ4v) is 2.28. The molecular formula is C13H24N2O4. The summed E-state index contributed by atoms with van der Waals surface area (Å²) in [5, 5.41) is 8.53. The molecule has 0 aromatic rings. The summed E-state index contributed by atoms with van der Waals surface area (Å²) in [6, 6.07) is -0.434. The second kappa shape index (κ2) is 7.45. The predicted octanol–water partition coefficient (Wildman–Crippen LogP) is 0.452. The standard InChI is InChI=1S/C13H24N2O4/c1-9(2)7-11(14)13(18)15-5-3-10(4-6-15)19-8-12(16)17/h9-11H,3-8,14H2,1-2H3,(H,16,17). The summed E-state index contributed by atoms with van der Waals surface area (Å²) in [4.78, 5) is 24.2. The van der Waals surface area contributed by atoms with Crippen molar-refractivity contribution in [1.29, 1.82) is 0 Å². The normalized spacial score (nSPS) is 18.6. The number of piperidine rings is 1. The Labute approximate surface area is 113 Å². The lowest BCUT2D eigenvalue weighted by molar-refractivity contribution is -0.147. The third kappa shape index (κ3) is 5.57. The van der Waals surface area contributed by atoms with Crippen LogP contribution in [0.25, 0.3) is 0 Å². The van der Waals surface area contributed by atoms with E-state index in [0.29, 0.717) is 38.3 Å². The second-order valence-electron chi connectivity index (χ2n) is 5.47. The molecule has 0 saturated carbocycles. The fourth-order valence-electron chi connectivity index (χ4n) is 2.28. The average molecular weight is 272 g/mol. The molecule has 0 spiro atoms. The zero-order valence-electron chi connectivity index (χ0n) is 11.7. The van der Waals surface area contributed by atoms with Crippen LogP contribution < -0.4 is 5.73 Å². The first-order valence-corrected chi connectivity index (χ1v) is 6.78. The molecule has 1 fully saturated rings. The van der Waals surface area contributed by atoms with E-state index in [-0.39, 0.29) is 18.6 Å². The molecule has 1 saturated heterocycles. The van der Waals surface area contributed by atoms with Gasteiger partial charge in [-0.15, -0.1) is 0 Å². The number of ether oxygens (including phenoxy) is 1. The summed E-state index contributed by atoms with van der Waals surface area (Å²) in [5.74, 6) is -0.571. The first-order valence-electron chi connectivity index (χ1n) is 6.78. The molecule has 1 rings (SSSR count).